The van der Waals surface area contributed by atoms with Crippen LogP contribution in [0.3, 0.4) is 0 Å². The van der Waals surface area contributed by atoms with Crippen LogP contribution in [0.4, 0.5) is 11.4 Å². The molecule has 0 bridgehead atoms. The number of ether oxygens (including phenoxy) is 1. The summed E-state index contributed by atoms with van der Waals surface area (Å²) in [5.74, 6) is -1.43. The van der Waals surface area contributed by atoms with E-state index in [-0.39, 0.29) is 62.4 Å². The van der Waals surface area contributed by atoms with Crippen LogP contribution in [0.5, 0.6) is 23.0 Å². The van der Waals surface area contributed by atoms with Gasteiger partial charge in [0.1, 0.15) is 31.9 Å². The molecule has 0 atom stereocenters. The third kappa shape index (κ3) is 14.2. The molecule has 0 aliphatic carbocycles. The van der Waals surface area contributed by atoms with Crippen LogP contribution in [0, 0.1) is 6.92 Å². The first-order chi connectivity index (χ1) is 27.2. The number of aryl methyl sites for hydroxylation is 1. The third-order valence-electron chi connectivity index (χ3n) is 8.37. The monoisotopic (exact) mass is 1060 g/mol. The van der Waals surface area contributed by atoms with Gasteiger partial charge in [0, 0.05) is 53.8 Å². The number of carbonyl (C=O) groups excluding carboxylic acids is 2. The molecule has 4 aromatic carbocycles. The number of rotatable bonds is 20. The van der Waals surface area contributed by atoms with Crippen LogP contribution in [-0.2, 0) is 14.3 Å². The van der Waals surface area contributed by atoms with Crippen molar-refractivity contribution in [1.29, 1.82) is 0 Å². The molecule has 0 saturated heterocycles. The van der Waals surface area contributed by atoms with Gasteiger partial charge in [0.25, 0.3) is 11.8 Å². The van der Waals surface area contributed by atoms with Gasteiger partial charge < -0.3 is 35.0 Å². The zero-order chi connectivity index (χ0) is 41.5. The minimum absolute atomic E-state index is 0.0224. The first kappa shape index (κ1) is 45.8. The minimum Gasteiger partial charge on any atom is -0.506 e. The van der Waals surface area contributed by atoms with Crippen LogP contribution in [0.25, 0.3) is 0 Å². The number of hydrazone groups is 2. The van der Waals surface area contributed by atoms with E-state index >= 15 is 0 Å². The van der Waals surface area contributed by atoms with Gasteiger partial charge in [-0.2, -0.15) is 10.2 Å². The lowest BCUT2D eigenvalue weighted by molar-refractivity contribution is -0.120. The van der Waals surface area contributed by atoms with Crippen LogP contribution < -0.4 is 20.7 Å². The van der Waals surface area contributed by atoms with Crippen LogP contribution in [0.15, 0.2) is 88.8 Å². The van der Waals surface area contributed by atoms with Crippen molar-refractivity contribution in [2.75, 3.05) is 49.2 Å². The molecule has 57 heavy (non-hydrogen) atoms. The Bertz CT molecular complexity index is 1910. The van der Waals surface area contributed by atoms with Crippen molar-refractivity contribution in [3.63, 3.8) is 0 Å². The van der Waals surface area contributed by atoms with Gasteiger partial charge in [-0.05, 0) is 145 Å². The Labute approximate surface area is 369 Å². The summed E-state index contributed by atoms with van der Waals surface area (Å²) in [5.41, 5.74) is 8.40. The van der Waals surface area contributed by atoms with Gasteiger partial charge in [-0.1, -0.05) is 29.3 Å². The van der Waals surface area contributed by atoms with Crippen LogP contribution >= 0.6 is 75.3 Å². The van der Waals surface area contributed by atoms with Gasteiger partial charge in [-0.3, -0.25) is 9.59 Å². The predicted octanol–water partition coefficient (Wildman–Crippen LogP) is 8.71. The number of hydrogen-bond donors (Lipinski definition) is 6. The number of benzene rings is 4. The quantitative estimate of drug-likeness (QED) is 0.0287. The molecule has 0 saturated carbocycles. The van der Waals surface area contributed by atoms with Crippen molar-refractivity contribution in [2.45, 2.75) is 32.6 Å². The highest BCUT2D eigenvalue weighted by atomic mass is 79.9. The maximum absolute atomic E-state index is 12.9. The number of phenolic OH excluding ortho intramolecular Hbond substituents is 4. The second kappa shape index (κ2) is 22.9. The molecule has 0 radical (unpaired) electrons. The molecule has 0 aliphatic rings. The molecule has 0 heterocycles. The largest absolute Gasteiger partial charge is 0.506 e. The molecule has 6 N–H and O–H groups in total. The molecular formula is C39H41Br4ClN6O7. The van der Waals surface area contributed by atoms with Crippen LogP contribution in [-0.4, -0.2) is 84.1 Å². The topological polar surface area (TPSA) is 180 Å². The third-order valence-corrected chi connectivity index (χ3v) is 11.3. The SMILES string of the molecule is Cc1ccc(N(CCCCOCCCCN(CC(=O)N/N=C\c2cc(Br)c(O)c(Br)c2O)c2ccc(Cl)cc2)CC(=O)N/N=C\c2cc(Br)c(O)c(Br)c2O)cc1. The van der Waals surface area contributed by atoms with E-state index in [1.165, 1.54) is 24.6 Å². The summed E-state index contributed by atoms with van der Waals surface area (Å²) in [6.07, 6.45) is 5.65. The summed E-state index contributed by atoms with van der Waals surface area (Å²) in [5, 5.41) is 49.0. The van der Waals surface area contributed by atoms with Crippen molar-refractivity contribution in [3.8, 4) is 23.0 Å². The molecule has 0 spiro atoms. The van der Waals surface area contributed by atoms with Crippen molar-refractivity contribution in [1.82, 2.24) is 10.9 Å². The molecular weight excluding hydrogens is 1020 g/mol. The minimum atomic E-state index is -0.366. The van der Waals surface area contributed by atoms with E-state index in [9.17, 15) is 30.0 Å². The molecule has 18 heteroatoms. The lowest BCUT2D eigenvalue weighted by Crippen LogP contribution is -2.36. The number of unbranched alkanes of at least 4 members (excludes halogenated alkanes) is 2. The van der Waals surface area contributed by atoms with Crippen LogP contribution in [0.2, 0.25) is 5.02 Å². The number of amides is 2. The molecule has 0 unspecified atom stereocenters. The maximum atomic E-state index is 12.9. The van der Waals surface area contributed by atoms with Gasteiger partial charge in [0.2, 0.25) is 0 Å². The van der Waals surface area contributed by atoms with E-state index in [0.29, 0.717) is 45.8 Å². The Morgan fingerprint density at radius 2 is 1.07 bits per heavy atom. The molecule has 4 rings (SSSR count). The number of hydrogen-bond acceptors (Lipinski definition) is 11. The predicted molar refractivity (Wildman–Crippen MR) is 238 cm³/mol. The second-order valence-electron chi connectivity index (χ2n) is 12.7. The standard InChI is InChI=1S/C39H41Br4ClN6O7/c1-24-6-10-28(11-7-24)49(22-32(51)47-45-20-25-18-30(40)38(55)34(42)36(25)53)14-2-4-16-57-17-5-3-15-50(29-12-8-27(44)9-13-29)23-33(52)48-46-21-26-19-31(41)39(56)35(43)37(26)54/h6-13,18-21,53-56H,2-5,14-17,22-23H2,1H3,(H,47,51)(H,48,52)/b45-20-,46-21-. The molecule has 4 aromatic rings. The summed E-state index contributed by atoms with van der Waals surface area (Å²) >= 11 is 18.8. The lowest BCUT2D eigenvalue weighted by atomic mass is 10.2. The fraction of sp³-hybridized carbons (Fsp3) is 0.282. The summed E-state index contributed by atoms with van der Waals surface area (Å²) in [4.78, 5) is 29.6. The van der Waals surface area contributed by atoms with Gasteiger partial charge in [-0.25, -0.2) is 10.9 Å². The zero-order valence-electron chi connectivity index (χ0n) is 30.7. The number of anilines is 2. The van der Waals surface area contributed by atoms with Gasteiger partial charge >= 0.3 is 0 Å². The van der Waals surface area contributed by atoms with Crippen LogP contribution in [0.1, 0.15) is 42.4 Å². The number of carbonyl (C=O) groups is 2. The van der Waals surface area contributed by atoms with Crippen molar-refractivity contribution in [3.05, 3.63) is 100 Å². The summed E-state index contributed by atoms with van der Waals surface area (Å²) in [6, 6.07) is 18.1. The molecule has 13 nitrogen and oxygen atoms in total. The van der Waals surface area contributed by atoms with E-state index in [1.54, 1.807) is 12.1 Å². The number of nitrogens with zero attached hydrogens (tertiary/aromatic N) is 4. The Kier molecular flexibility index (Phi) is 18.4. The van der Waals surface area contributed by atoms with Crippen molar-refractivity contribution >= 4 is 111 Å². The lowest BCUT2D eigenvalue weighted by Gasteiger charge is -2.24. The fourth-order valence-corrected chi connectivity index (χ4v) is 7.75. The maximum Gasteiger partial charge on any atom is 0.259 e. The van der Waals surface area contributed by atoms with Crippen molar-refractivity contribution in [2.24, 2.45) is 10.2 Å². The summed E-state index contributed by atoms with van der Waals surface area (Å²) in [6.45, 7) is 4.34. The van der Waals surface area contributed by atoms with E-state index in [4.69, 9.17) is 16.3 Å². The normalized spacial score (nSPS) is 11.3. The molecule has 0 fully saturated rings. The highest BCUT2D eigenvalue weighted by Gasteiger charge is 2.16. The fourth-order valence-electron chi connectivity index (χ4n) is 5.32. The summed E-state index contributed by atoms with van der Waals surface area (Å²) in [7, 11) is 0. The smallest absolute Gasteiger partial charge is 0.259 e. The van der Waals surface area contributed by atoms with Gasteiger partial charge in [0.05, 0.1) is 34.5 Å². The number of aromatic hydroxyl groups is 4. The summed E-state index contributed by atoms with van der Waals surface area (Å²) < 4.78 is 6.84. The number of nitrogens with one attached hydrogen (secondary N) is 2. The van der Waals surface area contributed by atoms with E-state index in [0.717, 1.165) is 42.6 Å². The average Bonchev–Trinajstić information content (AvgIpc) is 3.19. The molecule has 0 aromatic heterocycles. The van der Waals surface area contributed by atoms with E-state index < -0.39 is 0 Å². The number of phenols is 4. The first-order valence-electron chi connectivity index (χ1n) is 17.6. The number of halogens is 5. The average molecular weight is 1060 g/mol. The highest BCUT2D eigenvalue weighted by molar-refractivity contribution is 9.11. The highest BCUT2D eigenvalue weighted by Crippen LogP contribution is 2.41. The Hall–Kier alpha value is -3.87. The molecule has 304 valence electrons. The van der Waals surface area contributed by atoms with Crippen molar-refractivity contribution < 1.29 is 34.8 Å². The second-order valence-corrected chi connectivity index (χ2v) is 16.4. The molecule has 2 amide bonds. The molecule has 0 aliphatic heterocycles. The van der Waals surface area contributed by atoms with E-state index in [1.807, 2.05) is 53.1 Å². The Morgan fingerprint density at radius 3 is 1.49 bits per heavy atom. The van der Waals surface area contributed by atoms with Gasteiger partial charge in [-0.15, -0.1) is 0 Å². The Balaban J connectivity index is 1.21. The first-order valence-corrected chi connectivity index (χ1v) is 21.1. The van der Waals surface area contributed by atoms with Gasteiger partial charge in [0.15, 0.2) is 0 Å². The Morgan fingerprint density at radius 1 is 0.667 bits per heavy atom. The zero-order valence-corrected chi connectivity index (χ0v) is 37.8. The van der Waals surface area contributed by atoms with E-state index in [2.05, 4.69) is 84.8 Å².